The summed E-state index contributed by atoms with van der Waals surface area (Å²) in [4.78, 5) is 0.324. The van der Waals surface area contributed by atoms with Crippen LogP contribution >= 0.6 is 12.2 Å². The summed E-state index contributed by atoms with van der Waals surface area (Å²) in [6.45, 7) is 1.96. The number of thiocarbonyl (C=S) groups is 1. The molecule has 0 spiro atoms. The topological polar surface area (TPSA) is 72.2 Å². The first-order valence-corrected chi connectivity index (χ1v) is 8.48. The first-order valence-electron chi connectivity index (χ1n) is 6.25. The molecule has 4 nitrogen and oxygen atoms in total. The monoisotopic (exact) mass is 298 g/mol. The van der Waals surface area contributed by atoms with Crippen molar-refractivity contribution in [3.63, 3.8) is 0 Å². The number of para-hydroxylation sites is 1. The van der Waals surface area contributed by atoms with E-state index in [4.69, 9.17) is 18.0 Å². The van der Waals surface area contributed by atoms with Crippen molar-refractivity contribution in [1.82, 2.24) is 0 Å². The number of benzene rings is 1. The van der Waals surface area contributed by atoms with Crippen LogP contribution in [0.2, 0.25) is 0 Å². The van der Waals surface area contributed by atoms with Crippen molar-refractivity contribution in [3.8, 4) is 0 Å². The molecular formula is C13H18N2O2S2. The maximum atomic E-state index is 11.7. The molecular weight excluding hydrogens is 280 g/mol. The van der Waals surface area contributed by atoms with E-state index in [-0.39, 0.29) is 11.8 Å². The van der Waals surface area contributed by atoms with Crippen LogP contribution in [0.1, 0.15) is 24.0 Å². The molecule has 0 bridgehead atoms. The number of sulfone groups is 1. The van der Waals surface area contributed by atoms with Crippen molar-refractivity contribution in [3.05, 3.63) is 29.3 Å². The fourth-order valence-electron chi connectivity index (χ4n) is 2.41. The molecule has 104 valence electrons. The normalized spacial score (nSPS) is 21.8. The molecule has 6 heteroatoms. The minimum Gasteiger partial charge on any atom is -0.389 e. The zero-order chi connectivity index (χ0) is 14.0. The van der Waals surface area contributed by atoms with E-state index in [0.29, 0.717) is 17.2 Å². The van der Waals surface area contributed by atoms with Gasteiger partial charge in [0.15, 0.2) is 9.84 Å². The van der Waals surface area contributed by atoms with Gasteiger partial charge < -0.3 is 11.1 Å². The number of nitrogens with two attached hydrogens (primary N) is 1. The fraction of sp³-hybridized carbons (Fsp3) is 0.462. The molecule has 0 radical (unpaired) electrons. The van der Waals surface area contributed by atoms with E-state index in [9.17, 15) is 8.42 Å². The maximum Gasteiger partial charge on any atom is 0.152 e. The predicted octanol–water partition coefficient (Wildman–Crippen LogP) is 1.62. The largest absolute Gasteiger partial charge is 0.389 e. The van der Waals surface area contributed by atoms with E-state index in [1.807, 2.05) is 25.1 Å². The minimum absolute atomic E-state index is 0.0621. The Morgan fingerprint density at radius 1 is 1.47 bits per heavy atom. The van der Waals surface area contributed by atoms with Crippen molar-refractivity contribution < 1.29 is 8.42 Å². The van der Waals surface area contributed by atoms with Crippen molar-refractivity contribution in [2.24, 2.45) is 5.73 Å². The smallest absolute Gasteiger partial charge is 0.152 e. The average molecular weight is 298 g/mol. The molecule has 0 aromatic heterocycles. The number of nitrogens with one attached hydrogen (secondary N) is 1. The van der Waals surface area contributed by atoms with Crippen LogP contribution in [0.3, 0.4) is 0 Å². The standard InChI is InChI=1S/C13H18N2O2S2/c1-9-4-2-6-11(13(14)18)12(9)15-10-5-3-7-19(16,17)8-10/h2,4,6,10,15H,3,5,7-8H2,1H3,(H2,14,18). The van der Waals surface area contributed by atoms with Crippen LogP contribution in [0.5, 0.6) is 0 Å². The molecule has 19 heavy (non-hydrogen) atoms. The molecule has 2 rings (SSSR count). The van der Waals surface area contributed by atoms with Crippen molar-refractivity contribution in [1.29, 1.82) is 0 Å². The van der Waals surface area contributed by atoms with Crippen molar-refractivity contribution >= 4 is 32.7 Å². The molecule has 1 heterocycles. The number of hydrogen-bond donors (Lipinski definition) is 2. The lowest BCUT2D eigenvalue weighted by atomic mass is 10.1. The quantitative estimate of drug-likeness (QED) is 0.830. The summed E-state index contributed by atoms with van der Waals surface area (Å²) in [6.07, 6.45) is 1.55. The maximum absolute atomic E-state index is 11.7. The Bertz CT molecular complexity index is 597. The van der Waals surface area contributed by atoms with Gasteiger partial charge in [-0.3, -0.25) is 0 Å². The highest BCUT2D eigenvalue weighted by molar-refractivity contribution is 7.91. The molecule has 1 unspecified atom stereocenters. The molecule has 1 aromatic carbocycles. The van der Waals surface area contributed by atoms with Gasteiger partial charge in [-0.1, -0.05) is 24.4 Å². The molecule has 1 saturated heterocycles. The van der Waals surface area contributed by atoms with Crippen molar-refractivity contribution in [2.45, 2.75) is 25.8 Å². The predicted molar refractivity (Wildman–Crippen MR) is 82.4 cm³/mol. The van der Waals surface area contributed by atoms with E-state index in [1.165, 1.54) is 0 Å². The molecule has 1 aliphatic heterocycles. The van der Waals surface area contributed by atoms with E-state index in [2.05, 4.69) is 5.32 Å². The highest BCUT2D eigenvalue weighted by atomic mass is 32.2. The number of rotatable bonds is 3. The molecule has 0 aliphatic carbocycles. The van der Waals surface area contributed by atoms with Crippen LogP contribution in [-0.2, 0) is 9.84 Å². The second kappa shape index (κ2) is 5.46. The van der Waals surface area contributed by atoms with Crippen LogP contribution in [0.15, 0.2) is 18.2 Å². The van der Waals surface area contributed by atoms with Gasteiger partial charge in [-0.25, -0.2) is 8.42 Å². The number of hydrogen-bond acceptors (Lipinski definition) is 4. The fourth-order valence-corrected chi connectivity index (χ4v) is 4.21. The Morgan fingerprint density at radius 2 is 2.21 bits per heavy atom. The molecule has 1 atom stereocenters. The molecule has 3 N–H and O–H groups in total. The Hall–Kier alpha value is -1.14. The Balaban J connectivity index is 2.26. The summed E-state index contributed by atoms with van der Waals surface area (Å²) in [5.41, 5.74) is 8.37. The number of anilines is 1. The lowest BCUT2D eigenvalue weighted by molar-refractivity contribution is 0.562. The van der Waals surface area contributed by atoms with Crippen LogP contribution in [-0.4, -0.2) is 31.0 Å². The lowest BCUT2D eigenvalue weighted by Gasteiger charge is -2.26. The molecule has 0 saturated carbocycles. The third-order valence-electron chi connectivity index (χ3n) is 3.35. The summed E-state index contributed by atoms with van der Waals surface area (Å²) >= 11 is 5.04. The van der Waals surface area contributed by atoms with Crippen LogP contribution in [0.4, 0.5) is 5.69 Å². The SMILES string of the molecule is Cc1cccc(C(N)=S)c1NC1CCCS(=O)(=O)C1. The third-order valence-corrected chi connectivity index (χ3v) is 5.39. The van der Waals surface area contributed by atoms with Gasteiger partial charge in [-0.15, -0.1) is 0 Å². The number of aryl methyl sites for hydroxylation is 1. The Kier molecular flexibility index (Phi) is 4.10. The van der Waals surface area contributed by atoms with Gasteiger partial charge in [0.1, 0.15) is 4.99 Å². The average Bonchev–Trinajstić information content (AvgIpc) is 2.30. The van der Waals surface area contributed by atoms with Gasteiger partial charge in [-0.05, 0) is 31.4 Å². The molecule has 0 amide bonds. The van der Waals surface area contributed by atoms with E-state index >= 15 is 0 Å². The molecule has 1 aromatic rings. The summed E-state index contributed by atoms with van der Waals surface area (Å²) in [5.74, 6) is 0.471. The van der Waals surface area contributed by atoms with Crippen LogP contribution < -0.4 is 11.1 Å². The van der Waals surface area contributed by atoms with Crippen LogP contribution in [0, 0.1) is 6.92 Å². The van der Waals surface area contributed by atoms with Gasteiger partial charge in [0.25, 0.3) is 0 Å². The highest BCUT2D eigenvalue weighted by Crippen LogP contribution is 2.24. The summed E-state index contributed by atoms with van der Waals surface area (Å²) in [6, 6.07) is 5.65. The van der Waals surface area contributed by atoms with Gasteiger partial charge in [-0.2, -0.15) is 0 Å². The first kappa shape index (κ1) is 14.3. The second-order valence-electron chi connectivity index (χ2n) is 4.96. The molecule has 1 fully saturated rings. The van der Waals surface area contributed by atoms with Gasteiger partial charge in [0.05, 0.1) is 11.5 Å². The van der Waals surface area contributed by atoms with Gasteiger partial charge in [0, 0.05) is 17.3 Å². The Morgan fingerprint density at radius 3 is 2.84 bits per heavy atom. The second-order valence-corrected chi connectivity index (χ2v) is 7.63. The van der Waals surface area contributed by atoms with E-state index < -0.39 is 9.84 Å². The van der Waals surface area contributed by atoms with E-state index in [1.54, 1.807) is 0 Å². The first-order chi connectivity index (χ1) is 8.89. The summed E-state index contributed by atoms with van der Waals surface area (Å²) in [7, 11) is -2.92. The van der Waals surface area contributed by atoms with Crippen molar-refractivity contribution in [2.75, 3.05) is 16.8 Å². The zero-order valence-electron chi connectivity index (χ0n) is 10.8. The van der Waals surface area contributed by atoms with Crippen LogP contribution in [0.25, 0.3) is 0 Å². The molecule has 1 aliphatic rings. The minimum atomic E-state index is -2.92. The highest BCUT2D eigenvalue weighted by Gasteiger charge is 2.25. The third kappa shape index (κ3) is 3.45. The summed E-state index contributed by atoms with van der Waals surface area (Å²) < 4.78 is 23.3. The Labute approximate surface area is 119 Å². The summed E-state index contributed by atoms with van der Waals surface area (Å²) in [5, 5.41) is 3.31. The van der Waals surface area contributed by atoms with Gasteiger partial charge >= 0.3 is 0 Å². The lowest BCUT2D eigenvalue weighted by Crippen LogP contribution is -2.35. The van der Waals surface area contributed by atoms with Gasteiger partial charge in [0.2, 0.25) is 0 Å². The van der Waals surface area contributed by atoms with E-state index in [0.717, 1.165) is 23.2 Å². The zero-order valence-corrected chi connectivity index (χ0v) is 12.5.